The number of hydrogen-bond donors (Lipinski definition) is 1. The Labute approximate surface area is 115 Å². The maximum absolute atomic E-state index is 5.93. The van der Waals surface area contributed by atoms with Crippen LogP contribution in [0.2, 0.25) is 0 Å². The van der Waals surface area contributed by atoms with E-state index in [0.29, 0.717) is 6.61 Å². The molecule has 1 saturated heterocycles. The second-order valence-electron chi connectivity index (χ2n) is 4.95. The smallest absolute Gasteiger partial charge is 0.123 e. The summed E-state index contributed by atoms with van der Waals surface area (Å²) in [4.78, 5) is 2.28. The quantitative estimate of drug-likeness (QED) is 0.844. The normalized spacial score (nSPS) is 20.4. The van der Waals surface area contributed by atoms with Crippen LogP contribution in [0.4, 0.5) is 0 Å². The average Bonchev–Trinajstić information content (AvgIpc) is 2.44. The molecule has 2 rings (SSSR count). The number of morpholine rings is 1. The van der Waals surface area contributed by atoms with E-state index in [9.17, 15) is 0 Å². The molecular formula is C15H24N2O2. The van der Waals surface area contributed by atoms with Gasteiger partial charge in [-0.2, -0.15) is 0 Å². The molecule has 106 valence electrons. The van der Waals surface area contributed by atoms with Gasteiger partial charge in [-0.25, -0.2) is 0 Å². The largest absolute Gasteiger partial charge is 0.490 e. The fraction of sp³-hybridized carbons (Fsp3) is 0.600. The molecule has 19 heavy (non-hydrogen) atoms. The van der Waals surface area contributed by atoms with E-state index in [1.54, 1.807) is 0 Å². The van der Waals surface area contributed by atoms with E-state index in [2.05, 4.69) is 30.3 Å². The summed E-state index contributed by atoms with van der Waals surface area (Å²) in [5.41, 5.74) is 1.20. The summed E-state index contributed by atoms with van der Waals surface area (Å²) in [5.74, 6) is 0.959. The summed E-state index contributed by atoms with van der Waals surface area (Å²) in [5, 5.41) is 3.33. The number of nitrogens with one attached hydrogen (secondary N) is 1. The number of benzene rings is 1. The first-order valence-electron chi connectivity index (χ1n) is 7.01. The molecule has 0 spiro atoms. The van der Waals surface area contributed by atoms with Gasteiger partial charge in [0, 0.05) is 25.2 Å². The second kappa shape index (κ2) is 7.48. The lowest BCUT2D eigenvalue weighted by molar-refractivity contribution is -0.0404. The Morgan fingerprint density at radius 2 is 2.26 bits per heavy atom. The number of rotatable bonds is 6. The van der Waals surface area contributed by atoms with Crippen molar-refractivity contribution in [1.82, 2.24) is 10.2 Å². The van der Waals surface area contributed by atoms with Crippen LogP contribution in [-0.2, 0) is 11.3 Å². The fourth-order valence-electron chi connectivity index (χ4n) is 2.20. The van der Waals surface area contributed by atoms with Crippen molar-refractivity contribution in [1.29, 1.82) is 0 Å². The second-order valence-corrected chi connectivity index (χ2v) is 4.95. The molecule has 1 aliphatic rings. The van der Waals surface area contributed by atoms with Crippen molar-refractivity contribution in [2.75, 3.05) is 39.9 Å². The predicted octanol–water partition coefficient (Wildman–Crippen LogP) is 1.51. The predicted molar refractivity (Wildman–Crippen MR) is 76.6 cm³/mol. The average molecular weight is 264 g/mol. The number of ether oxygens (including phenoxy) is 2. The van der Waals surface area contributed by atoms with Crippen LogP contribution in [0.1, 0.15) is 12.5 Å². The Bertz CT molecular complexity index is 384. The van der Waals surface area contributed by atoms with Crippen molar-refractivity contribution in [2.45, 2.75) is 19.6 Å². The van der Waals surface area contributed by atoms with Gasteiger partial charge in [-0.1, -0.05) is 25.1 Å². The van der Waals surface area contributed by atoms with Gasteiger partial charge in [0.25, 0.3) is 0 Å². The van der Waals surface area contributed by atoms with Crippen LogP contribution in [-0.4, -0.2) is 50.9 Å². The van der Waals surface area contributed by atoms with E-state index >= 15 is 0 Å². The van der Waals surface area contributed by atoms with E-state index in [1.807, 2.05) is 18.2 Å². The fourth-order valence-corrected chi connectivity index (χ4v) is 2.20. The number of likely N-dealkylation sites (N-methyl/N-ethyl adjacent to an activating group) is 1. The van der Waals surface area contributed by atoms with Gasteiger partial charge >= 0.3 is 0 Å². The van der Waals surface area contributed by atoms with Crippen LogP contribution >= 0.6 is 0 Å². The molecule has 1 heterocycles. The molecule has 1 fully saturated rings. The van der Waals surface area contributed by atoms with Crippen LogP contribution in [0.25, 0.3) is 0 Å². The Balaban J connectivity index is 1.87. The van der Waals surface area contributed by atoms with Crippen LogP contribution in [0, 0.1) is 0 Å². The SMILES string of the molecule is CCNCc1ccccc1OCC1CN(C)CCO1. The summed E-state index contributed by atoms with van der Waals surface area (Å²) in [6.45, 7) is 7.28. The highest BCUT2D eigenvalue weighted by Gasteiger charge is 2.18. The van der Waals surface area contributed by atoms with Gasteiger partial charge in [-0.15, -0.1) is 0 Å². The van der Waals surface area contributed by atoms with Crippen LogP contribution in [0.5, 0.6) is 5.75 Å². The van der Waals surface area contributed by atoms with Crippen LogP contribution in [0.15, 0.2) is 24.3 Å². The molecule has 1 aromatic rings. The van der Waals surface area contributed by atoms with E-state index in [0.717, 1.165) is 38.5 Å². The monoisotopic (exact) mass is 264 g/mol. The lowest BCUT2D eigenvalue weighted by Crippen LogP contribution is -2.42. The van der Waals surface area contributed by atoms with Gasteiger partial charge in [0.2, 0.25) is 0 Å². The van der Waals surface area contributed by atoms with Crippen molar-refractivity contribution in [2.24, 2.45) is 0 Å². The molecule has 0 saturated carbocycles. The van der Waals surface area contributed by atoms with E-state index in [1.165, 1.54) is 5.56 Å². The summed E-state index contributed by atoms with van der Waals surface area (Å²) in [7, 11) is 2.12. The zero-order chi connectivity index (χ0) is 13.5. The first-order valence-corrected chi connectivity index (χ1v) is 7.01. The Hall–Kier alpha value is -1.10. The Kier molecular flexibility index (Phi) is 5.63. The van der Waals surface area contributed by atoms with Gasteiger partial charge in [0.1, 0.15) is 18.5 Å². The third-order valence-corrected chi connectivity index (χ3v) is 3.30. The highest BCUT2D eigenvalue weighted by atomic mass is 16.5. The first-order chi connectivity index (χ1) is 9.29. The lowest BCUT2D eigenvalue weighted by Gasteiger charge is -2.30. The molecule has 0 aliphatic carbocycles. The molecule has 0 amide bonds. The molecule has 1 aromatic carbocycles. The summed E-state index contributed by atoms with van der Waals surface area (Å²) >= 11 is 0. The third kappa shape index (κ3) is 4.49. The first kappa shape index (κ1) is 14.3. The maximum Gasteiger partial charge on any atom is 0.123 e. The zero-order valence-corrected chi connectivity index (χ0v) is 11.9. The number of nitrogens with zero attached hydrogens (tertiary/aromatic N) is 1. The third-order valence-electron chi connectivity index (χ3n) is 3.30. The van der Waals surface area contributed by atoms with Gasteiger partial charge in [-0.05, 0) is 19.7 Å². The lowest BCUT2D eigenvalue weighted by atomic mass is 10.2. The molecular weight excluding hydrogens is 240 g/mol. The molecule has 0 bridgehead atoms. The molecule has 1 unspecified atom stereocenters. The van der Waals surface area contributed by atoms with Crippen molar-refractivity contribution >= 4 is 0 Å². The minimum atomic E-state index is 0.172. The molecule has 4 heteroatoms. The maximum atomic E-state index is 5.93. The van der Waals surface area contributed by atoms with Crippen molar-refractivity contribution in [3.05, 3.63) is 29.8 Å². The van der Waals surface area contributed by atoms with E-state index in [-0.39, 0.29) is 6.10 Å². The highest BCUT2D eigenvalue weighted by Crippen LogP contribution is 2.18. The summed E-state index contributed by atoms with van der Waals surface area (Å²) < 4.78 is 11.6. The van der Waals surface area contributed by atoms with Crippen molar-refractivity contribution in [3.8, 4) is 5.75 Å². The minimum Gasteiger partial charge on any atom is -0.490 e. The highest BCUT2D eigenvalue weighted by molar-refractivity contribution is 5.33. The number of hydrogen-bond acceptors (Lipinski definition) is 4. The molecule has 1 aliphatic heterocycles. The summed E-state index contributed by atoms with van der Waals surface area (Å²) in [6.07, 6.45) is 0.172. The molecule has 1 N–H and O–H groups in total. The Morgan fingerprint density at radius 1 is 1.42 bits per heavy atom. The van der Waals surface area contributed by atoms with Gasteiger partial charge in [0.05, 0.1) is 6.61 Å². The molecule has 0 radical (unpaired) electrons. The number of para-hydroxylation sites is 1. The topological polar surface area (TPSA) is 33.7 Å². The van der Waals surface area contributed by atoms with Crippen molar-refractivity contribution < 1.29 is 9.47 Å². The minimum absolute atomic E-state index is 0.172. The Morgan fingerprint density at radius 3 is 3.05 bits per heavy atom. The van der Waals surface area contributed by atoms with Gasteiger partial charge in [0.15, 0.2) is 0 Å². The van der Waals surface area contributed by atoms with Crippen LogP contribution < -0.4 is 10.1 Å². The van der Waals surface area contributed by atoms with Crippen molar-refractivity contribution in [3.63, 3.8) is 0 Å². The molecule has 1 atom stereocenters. The zero-order valence-electron chi connectivity index (χ0n) is 11.9. The standard InChI is InChI=1S/C15H24N2O2/c1-3-16-10-13-6-4-5-7-15(13)19-12-14-11-17(2)8-9-18-14/h4-7,14,16H,3,8-12H2,1-2H3. The summed E-state index contributed by atoms with van der Waals surface area (Å²) in [6, 6.07) is 8.19. The van der Waals surface area contributed by atoms with E-state index < -0.39 is 0 Å². The van der Waals surface area contributed by atoms with Gasteiger partial charge < -0.3 is 19.7 Å². The molecule has 4 nitrogen and oxygen atoms in total. The van der Waals surface area contributed by atoms with E-state index in [4.69, 9.17) is 9.47 Å². The van der Waals surface area contributed by atoms with Crippen LogP contribution in [0.3, 0.4) is 0 Å². The van der Waals surface area contributed by atoms with Gasteiger partial charge in [-0.3, -0.25) is 0 Å². The molecule has 0 aromatic heterocycles.